The van der Waals surface area contributed by atoms with Crippen LogP contribution < -0.4 is 10.2 Å². The van der Waals surface area contributed by atoms with Crippen LogP contribution in [0, 0.1) is 5.92 Å². The van der Waals surface area contributed by atoms with E-state index >= 15 is 0 Å². The van der Waals surface area contributed by atoms with Gasteiger partial charge >= 0.3 is 0 Å². The van der Waals surface area contributed by atoms with Gasteiger partial charge in [-0.25, -0.2) is 0 Å². The van der Waals surface area contributed by atoms with Gasteiger partial charge in [-0.15, -0.1) is 0 Å². The Kier molecular flexibility index (Phi) is 7.39. The molecule has 1 aromatic carbocycles. The maximum Gasteiger partial charge on any atom is 0.0642 e. The number of benzene rings is 1. The summed E-state index contributed by atoms with van der Waals surface area (Å²) >= 11 is 6.50. The zero-order chi connectivity index (χ0) is 15.1. The molecule has 0 aliphatic rings. The van der Waals surface area contributed by atoms with Crippen molar-refractivity contribution in [3.8, 4) is 0 Å². The van der Waals surface area contributed by atoms with Gasteiger partial charge in [0.25, 0.3) is 0 Å². The number of rotatable bonds is 8. The second-order valence-electron chi connectivity index (χ2n) is 6.10. The zero-order valence-electron chi connectivity index (χ0n) is 13.5. The van der Waals surface area contributed by atoms with E-state index in [1.54, 1.807) is 0 Å². The van der Waals surface area contributed by atoms with Crippen LogP contribution >= 0.6 is 11.6 Å². The molecule has 3 heteroatoms. The Morgan fingerprint density at radius 2 is 1.90 bits per heavy atom. The highest BCUT2D eigenvalue weighted by molar-refractivity contribution is 6.33. The quantitative estimate of drug-likeness (QED) is 0.699. The Morgan fingerprint density at radius 3 is 2.40 bits per heavy atom. The molecule has 0 aliphatic heterocycles. The van der Waals surface area contributed by atoms with E-state index in [4.69, 9.17) is 11.6 Å². The molecule has 0 spiro atoms. The van der Waals surface area contributed by atoms with E-state index in [0.717, 1.165) is 36.8 Å². The average Bonchev–Trinajstić information content (AvgIpc) is 2.36. The molecular formula is C17H29ClN2. The average molecular weight is 297 g/mol. The first kappa shape index (κ1) is 17.3. The van der Waals surface area contributed by atoms with E-state index in [1.165, 1.54) is 5.56 Å². The van der Waals surface area contributed by atoms with Gasteiger partial charge in [0.1, 0.15) is 0 Å². The third kappa shape index (κ3) is 5.34. The molecular weight excluding hydrogens is 268 g/mol. The molecule has 0 saturated heterocycles. The van der Waals surface area contributed by atoms with Crippen molar-refractivity contribution >= 4 is 17.3 Å². The first-order valence-electron chi connectivity index (χ1n) is 7.71. The van der Waals surface area contributed by atoms with Crippen LogP contribution in [0.4, 0.5) is 5.69 Å². The van der Waals surface area contributed by atoms with E-state index < -0.39 is 0 Å². The molecule has 0 atom stereocenters. The van der Waals surface area contributed by atoms with Crippen LogP contribution in [-0.2, 0) is 6.54 Å². The third-order valence-electron chi connectivity index (χ3n) is 3.26. The predicted octanol–water partition coefficient (Wildman–Crippen LogP) is 4.71. The Bertz CT molecular complexity index is 402. The molecule has 1 rings (SSSR count). The summed E-state index contributed by atoms with van der Waals surface area (Å²) in [7, 11) is 0. The van der Waals surface area contributed by atoms with Gasteiger partial charge < -0.3 is 10.2 Å². The molecule has 2 nitrogen and oxygen atoms in total. The molecule has 1 N–H and O–H groups in total. The van der Waals surface area contributed by atoms with E-state index in [-0.39, 0.29) is 0 Å². The molecule has 114 valence electrons. The third-order valence-corrected chi connectivity index (χ3v) is 3.57. The minimum Gasteiger partial charge on any atom is -0.368 e. The van der Waals surface area contributed by atoms with Crippen LogP contribution in [0.2, 0.25) is 5.02 Å². The number of halogens is 1. The summed E-state index contributed by atoms with van der Waals surface area (Å²) in [6.45, 7) is 14.1. The summed E-state index contributed by atoms with van der Waals surface area (Å²) in [4.78, 5) is 2.39. The molecule has 0 amide bonds. The molecule has 1 aromatic rings. The smallest absolute Gasteiger partial charge is 0.0642 e. The molecule has 0 fully saturated rings. The van der Waals surface area contributed by atoms with E-state index in [9.17, 15) is 0 Å². The predicted molar refractivity (Wildman–Crippen MR) is 90.8 cm³/mol. The maximum absolute atomic E-state index is 6.50. The fraction of sp³-hybridized carbons (Fsp3) is 0.647. The van der Waals surface area contributed by atoms with Crippen molar-refractivity contribution in [2.45, 2.75) is 53.6 Å². The van der Waals surface area contributed by atoms with Gasteiger partial charge in [0.05, 0.1) is 10.7 Å². The largest absolute Gasteiger partial charge is 0.368 e. The van der Waals surface area contributed by atoms with Crippen LogP contribution in [0.3, 0.4) is 0 Å². The summed E-state index contributed by atoms with van der Waals surface area (Å²) in [6, 6.07) is 6.89. The van der Waals surface area contributed by atoms with Crippen molar-refractivity contribution in [1.82, 2.24) is 5.32 Å². The molecule has 0 aromatic heterocycles. The first-order chi connectivity index (χ1) is 9.45. The zero-order valence-corrected chi connectivity index (χ0v) is 14.3. The molecule has 20 heavy (non-hydrogen) atoms. The Balaban J connectivity index is 2.84. The maximum atomic E-state index is 6.50. The second-order valence-corrected chi connectivity index (χ2v) is 6.51. The number of nitrogens with zero attached hydrogens (tertiary/aromatic N) is 1. The summed E-state index contributed by atoms with van der Waals surface area (Å²) in [5.41, 5.74) is 2.40. The molecule has 0 saturated carbocycles. The fourth-order valence-electron chi connectivity index (χ4n) is 2.28. The van der Waals surface area contributed by atoms with Crippen LogP contribution in [-0.4, -0.2) is 19.1 Å². The summed E-state index contributed by atoms with van der Waals surface area (Å²) in [6.07, 6.45) is 1.15. The van der Waals surface area contributed by atoms with Crippen LogP contribution in [0.5, 0.6) is 0 Å². The van der Waals surface area contributed by atoms with Gasteiger partial charge in [-0.05, 0) is 50.4 Å². The van der Waals surface area contributed by atoms with Crippen LogP contribution in [0.25, 0.3) is 0 Å². The van der Waals surface area contributed by atoms with Gasteiger partial charge in [-0.2, -0.15) is 0 Å². The number of anilines is 1. The Hall–Kier alpha value is -0.730. The van der Waals surface area contributed by atoms with Gasteiger partial charge in [-0.3, -0.25) is 0 Å². The van der Waals surface area contributed by atoms with Crippen molar-refractivity contribution in [3.05, 3.63) is 28.8 Å². The number of hydrogen-bond acceptors (Lipinski definition) is 2. The SMILES string of the molecule is CCCNCc1ccc(N(CC(C)C)C(C)C)c(Cl)c1. The lowest BCUT2D eigenvalue weighted by Crippen LogP contribution is -2.34. The number of nitrogens with one attached hydrogen (secondary N) is 1. The summed E-state index contributed by atoms with van der Waals surface area (Å²) in [5, 5.41) is 4.27. The van der Waals surface area contributed by atoms with Gasteiger partial charge in [0, 0.05) is 19.1 Å². The first-order valence-corrected chi connectivity index (χ1v) is 8.09. The minimum atomic E-state index is 0.457. The van der Waals surface area contributed by atoms with Gasteiger partial charge in [-0.1, -0.05) is 38.4 Å². The highest BCUT2D eigenvalue weighted by Crippen LogP contribution is 2.29. The van der Waals surface area contributed by atoms with Gasteiger partial charge in [0.2, 0.25) is 0 Å². The van der Waals surface area contributed by atoms with Crippen LogP contribution in [0.1, 0.15) is 46.6 Å². The lowest BCUT2D eigenvalue weighted by atomic mass is 10.1. The molecule has 0 unspecified atom stereocenters. The van der Waals surface area contributed by atoms with Crippen molar-refractivity contribution in [1.29, 1.82) is 0 Å². The monoisotopic (exact) mass is 296 g/mol. The molecule has 0 heterocycles. The lowest BCUT2D eigenvalue weighted by molar-refractivity contribution is 0.571. The van der Waals surface area contributed by atoms with E-state index in [1.807, 2.05) is 0 Å². The normalized spacial score (nSPS) is 11.4. The fourth-order valence-corrected chi connectivity index (χ4v) is 2.60. The molecule has 0 aliphatic carbocycles. The molecule has 0 radical (unpaired) electrons. The minimum absolute atomic E-state index is 0.457. The van der Waals surface area contributed by atoms with Crippen molar-refractivity contribution < 1.29 is 0 Å². The van der Waals surface area contributed by atoms with Crippen molar-refractivity contribution in [2.75, 3.05) is 18.0 Å². The highest BCUT2D eigenvalue weighted by Gasteiger charge is 2.15. The summed E-state index contributed by atoms with van der Waals surface area (Å²) < 4.78 is 0. The standard InChI is InChI=1S/C17H29ClN2/c1-6-9-19-11-15-7-8-17(16(18)10-15)20(14(4)5)12-13(2)3/h7-8,10,13-14,19H,6,9,11-12H2,1-5H3. The van der Waals surface area contributed by atoms with Gasteiger partial charge in [0.15, 0.2) is 0 Å². The van der Waals surface area contributed by atoms with E-state index in [0.29, 0.717) is 12.0 Å². The Labute approximate surface area is 129 Å². The highest BCUT2D eigenvalue weighted by atomic mass is 35.5. The topological polar surface area (TPSA) is 15.3 Å². The summed E-state index contributed by atoms with van der Waals surface area (Å²) in [5.74, 6) is 0.624. The number of hydrogen-bond donors (Lipinski definition) is 1. The Morgan fingerprint density at radius 1 is 1.20 bits per heavy atom. The lowest BCUT2D eigenvalue weighted by Gasteiger charge is -2.31. The van der Waals surface area contributed by atoms with Crippen LogP contribution in [0.15, 0.2) is 18.2 Å². The second kappa shape index (κ2) is 8.53. The van der Waals surface area contributed by atoms with Crippen molar-refractivity contribution in [2.24, 2.45) is 5.92 Å². The molecule has 0 bridgehead atoms. The van der Waals surface area contributed by atoms with E-state index in [2.05, 4.69) is 63.0 Å². The van der Waals surface area contributed by atoms with Crippen molar-refractivity contribution in [3.63, 3.8) is 0 Å².